The molecule has 0 saturated heterocycles. The van der Waals surface area contributed by atoms with Gasteiger partial charge in [-0.2, -0.15) is 9.78 Å². The predicted octanol–water partition coefficient (Wildman–Crippen LogP) is 8.43. The number of rotatable bonds is 8. The Labute approximate surface area is 248 Å². The maximum absolute atomic E-state index is 13.5. The summed E-state index contributed by atoms with van der Waals surface area (Å²) in [4.78, 5) is 18.3. The minimum atomic E-state index is -0.235. The van der Waals surface area contributed by atoms with E-state index in [-0.39, 0.29) is 11.5 Å². The van der Waals surface area contributed by atoms with Gasteiger partial charge in [-0.3, -0.25) is 4.79 Å². The van der Waals surface area contributed by atoms with E-state index in [2.05, 4.69) is 75.7 Å². The highest BCUT2D eigenvalue weighted by Crippen LogP contribution is 2.35. The Hall–Kier alpha value is -2.01. The van der Waals surface area contributed by atoms with Gasteiger partial charge in [0.05, 0.1) is 24.2 Å². The lowest BCUT2D eigenvalue weighted by molar-refractivity contribution is 0.283. The molecule has 0 amide bonds. The van der Waals surface area contributed by atoms with Crippen LogP contribution in [0.4, 0.5) is 0 Å². The largest absolute Gasteiger partial charge is 0.493 e. The molecule has 0 saturated carbocycles. The number of aromatic nitrogens is 2. The number of methoxy groups -OCH3 is 1. The summed E-state index contributed by atoms with van der Waals surface area (Å²) in [5, 5.41) is 5.10. The van der Waals surface area contributed by atoms with E-state index in [9.17, 15) is 4.79 Å². The third-order valence-electron chi connectivity index (χ3n) is 5.85. The first-order valence-electron chi connectivity index (χ1n) is 11.4. The van der Waals surface area contributed by atoms with Crippen molar-refractivity contribution in [2.75, 3.05) is 7.11 Å². The summed E-state index contributed by atoms with van der Waals surface area (Å²) in [5.74, 6) is 1.68. The first-order valence-corrected chi connectivity index (χ1v) is 14.6. The van der Waals surface area contributed by atoms with Crippen LogP contribution in [0.3, 0.4) is 0 Å². The Kier molecular flexibility index (Phi) is 9.26. The van der Waals surface area contributed by atoms with E-state index in [0.717, 1.165) is 29.9 Å². The summed E-state index contributed by atoms with van der Waals surface area (Å²) in [6, 6.07) is 15.1. The van der Waals surface area contributed by atoms with E-state index in [0.29, 0.717) is 40.4 Å². The molecule has 3 aromatic carbocycles. The number of fused-ring (bicyclic) bond motifs is 1. The highest BCUT2D eigenvalue weighted by atomic mass is 79.9. The molecular formula is C27H23Br4N3O3. The molecule has 10 heteroatoms. The van der Waals surface area contributed by atoms with Crippen LogP contribution in [-0.2, 0) is 6.61 Å². The summed E-state index contributed by atoms with van der Waals surface area (Å²) in [6.45, 7) is 4.39. The van der Waals surface area contributed by atoms with Gasteiger partial charge < -0.3 is 9.47 Å². The molecule has 192 valence electrons. The van der Waals surface area contributed by atoms with Crippen LogP contribution in [-0.4, -0.2) is 23.0 Å². The zero-order valence-electron chi connectivity index (χ0n) is 20.3. The van der Waals surface area contributed by atoms with Crippen molar-refractivity contribution in [3.05, 3.63) is 93.7 Å². The number of nitrogens with zero attached hydrogens (tertiary/aromatic N) is 3. The zero-order valence-corrected chi connectivity index (χ0v) is 26.6. The molecule has 6 nitrogen and oxygen atoms in total. The Bertz CT molecular complexity index is 1550. The molecule has 1 aromatic heterocycles. The fourth-order valence-electron chi connectivity index (χ4n) is 3.68. The second-order valence-corrected chi connectivity index (χ2v) is 12.0. The second-order valence-electron chi connectivity index (χ2n) is 8.35. The molecule has 4 aromatic rings. The minimum Gasteiger partial charge on any atom is -0.493 e. The Morgan fingerprint density at radius 3 is 2.46 bits per heavy atom. The van der Waals surface area contributed by atoms with Crippen LogP contribution in [0.1, 0.15) is 43.1 Å². The van der Waals surface area contributed by atoms with Gasteiger partial charge in [-0.15, -0.1) is 0 Å². The molecular weight excluding hydrogens is 734 g/mol. The van der Waals surface area contributed by atoms with Gasteiger partial charge >= 0.3 is 0 Å². The lowest BCUT2D eigenvalue weighted by Crippen LogP contribution is -2.23. The van der Waals surface area contributed by atoms with Crippen LogP contribution in [0.25, 0.3) is 10.9 Å². The van der Waals surface area contributed by atoms with Crippen LogP contribution in [0.15, 0.2) is 76.3 Å². The third kappa shape index (κ3) is 6.35. The molecule has 4 rings (SSSR count). The van der Waals surface area contributed by atoms with E-state index in [1.54, 1.807) is 19.4 Å². The molecule has 1 atom stereocenters. The molecule has 0 fully saturated rings. The van der Waals surface area contributed by atoms with Gasteiger partial charge in [-0.05, 0) is 48.9 Å². The predicted molar refractivity (Wildman–Crippen MR) is 162 cm³/mol. The number of halogens is 4. The van der Waals surface area contributed by atoms with Crippen molar-refractivity contribution < 1.29 is 9.47 Å². The highest BCUT2D eigenvalue weighted by molar-refractivity contribution is 9.11. The fraction of sp³-hybridized carbons (Fsp3) is 0.222. The summed E-state index contributed by atoms with van der Waals surface area (Å²) in [7, 11) is 1.59. The van der Waals surface area contributed by atoms with Gasteiger partial charge in [0, 0.05) is 34.9 Å². The Morgan fingerprint density at radius 1 is 1.03 bits per heavy atom. The van der Waals surface area contributed by atoms with Gasteiger partial charge in [0.1, 0.15) is 12.4 Å². The van der Waals surface area contributed by atoms with Crippen LogP contribution in [0.5, 0.6) is 11.5 Å². The van der Waals surface area contributed by atoms with E-state index in [1.165, 1.54) is 4.68 Å². The van der Waals surface area contributed by atoms with Crippen LogP contribution in [0.2, 0.25) is 0 Å². The van der Waals surface area contributed by atoms with Gasteiger partial charge in [0.2, 0.25) is 0 Å². The van der Waals surface area contributed by atoms with Crippen LogP contribution in [0, 0.1) is 0 Å². The van der Waals surface area contributed by atoms with E-state index in [4.69, 9.17) is 14.5 Å². The molecule has 0 aliphatic rings. The van der Waals surface area contributed by atoms with E-state index in [1.807, 2.05) is 49.4 Å². The lowest BCUT2D eigenvalue weighted by Gasteiger charge is -2.16. The summed E-state index contributed by atoms with van der Waals surface area (Å²) in [6.07, 6.45) is 2.42. The third-order valence-corrected chi connectivity index (χ3v) is 8.04. The average molecular weight is 757 g/mol. The normalized spacial score (nSPS) is 12.3. The highest BCUT2D eigenvalue weighted by Gasteiger charge is 2.17. The van der Waals surface area contributed by atoms with Gasteiger partial charge in [0.15, 0.2) is 11.5 Å². The van der Waals surface area contributed by atoms with Gasteiger partial charge in [-0.25, -0.2) is 4.98 Å². The first-order chi connectivity index (χ1) is 17.7. The molecule has 0 N–H and O–H groups in total. The van der Waals surface area contributed by atoms with Crippen molar-refractivity contribution in [3.8, 4) is 11.5 Å². The first kappa shape index (κ1) is 28.0. The SMILES string of the molecule is CC[C@@H](C)c1nc2ccc(Br)cc2c(=O)n1N=Cc1cc(Br)cc(OC)c1OCc1ccc(Br)cc1Br. The standard InChI is InChI=1S/C27H23Br4N3O3/c1-4-15(2)26-33-23-8-7-18(28)10-21(23)27(35)34(26)32-13-17-9-20(30)12-24(36-3)25(17)37-14-16-5-6-19(29)11-22(16)31/h5-13,15H,4,14H2,1-3H3/t15-/m1/s1. The van der Waals surface area contributed by atoms with Gasteiger partial charge in [0.25, 0.3) is 5.56 Å². The number of benzene rings is 3. The smallest absolute Gasteiger partial charge is 0.282 e. The molecule has 0 bridgehead atoms. The van der Waals surface area contributed by atoms with Crippen molar-refractivity contribution >= 4 is 80.8 Å². The monoisotopic (exact) mass is 753 g/mol. The number of hydrogen-bond donors (Lipinski definition) is 0. The number of hydrogen-bond acceptors (Lipinski definition) is 5. The topological polar surface area (TPSA) is 65.7 Å². The quantitative estimate of drug-likeness (QED) is 0.170. The maximum Gasteiger partial charge on any atom is 0.282 e. The Balaban J connectivity index is 1.80. The average Bonchev–Trinajstić information content (AvgIpc) is 2.87. The molecule has 0 aliphatic heterocycles. The number of ether oxygens (including phenoxy) is 2. The molecule has 0 aliphatic carbocycles. The maximum atomic E-state index is 13.5. The fourth-order valence-corrected chi connectivity index (χ4v) is 5.66. The van der Waals surface area contributed by atoms with Crippen molar-refractivity contribution in [1.82, 2.24) is 9.66 Å². The molecule has 37 heavy (non-hydrogen) atoms. The lowest BCUT2D eigenvalue weighted by atomic mass is 10.1. The summed E-state index contributed by atoms with van der Waals surface area (Å²) in [5.41, 5.74) is 2.02. The molecule has 1 heterocycles. The van der Waals surface area contributed by atoms with Crippen molar-refractivity contribution in [2.45, 2.75) is 32.8 Å². The molecule has 0 unspecified atom stereocenters. The second kappa shape index (κ2) is 12.2. The Morgan fingerprint density at radius 2 is 1.76 bits per heavy atom. The zero-order chi connectivity index (χ0) is 26.7. The van der Waals surface area contributed by atoms with E-state index >= 15 is 0 Å². The molecule has 0 spiro atoms. The minimum absolute atomic E-state index is 0.0282. The van der Waals surface area contributed by atoms with Crippen LogP contribution >= 0.6 is 63.7 Å². The summed E-state index contributed by atoms with van der Waals surface area (Å²) >= 11 is 14.0. The van der Waals surface area contributed by atoms with E-state index < -0.39 is 0 Å². The van der Waals surface area contributed by atoms with Gasteiger partial charge in [-0.1, -0.05) is 83.6 Å². The van der Waals surface area contributed by atoms with Crippen molar-refractivity contribution in [1.29, 1.82) is 0 Å². The summed E-state index contributed by atoms with van der Waals surface area (Å²) < 4.78 is 16.7. The van der Waals surface area contributed by atoms with Crippen molar-refractivity contribution in [2.24, 2.45) is 5.10 Å². The van der Waals surface area contributed by atoms with Crippen molar-refractivity contribution in [3.63, 3.8) is 0 Å². The van der Waals surface area contributed by atoms with Crippen LogP contribution < -0.4 is 15.0 Å². The molecule has 0 radical (unpaired) electrons.